The molecule has 0 bridgehead atoms. The van der Waals surface area contributed by atoms with E-state index < -0.39 is 17.2 Å². The normalized spacial score (nSPS) is 13.8. The molecule has 0 aliphatic carbocycles. The maximum atomic E-state index is 13.6. The molecule has 0 heterocycles. The van der Waals surface area contributed by atoms with Gasteiger partial charge in [0, 0.05) is 5.02 Å². The monoisotopic (exact) mass is 270 g/mol. The zero-order valence-corrected chi connectivity index (χ0v) is 11.3. The summed E-state index contributed by atoms with van der Waals surface area (Å²) in [7, 11) is 0. The van der Waals surface area contributed by atoms with E-state index in [1.165, 1.54) is 24.3 Å². The summed E-state index contributed by atoms with van der Waals surface area (Å²) in [5, 5.41) is 0.432. The first-order chi connectivity index (χ1) is 8.42. The van der Waals surface area contributed by atoms with Crippen LogP contribution >= 0.6 is 11.6 Å². The second-order valence-corrected chi connectivity index (χ2v) is 4.69. The largest absolute Gasteiger partial charge is 0.465 e. The number of halogens is 2. The number of rotatable bonds is 5. The van der Waals surface area contributed by atoms with E-state index in [1.54, 1.807) is 13.8 Å². The highest BCUT2D eigenvalue weighted by molar-refractivity contribution is 6.30. The van der Waals surface area contributed by atoms with E-state index in [2.05, 4.69) is 6.58 Å². The highest BCUT2D eigenvalue weighted by Crippen LogP contribution is 2.28. The molecule has 1 rings (SSSR count). The Balaban J connectivity index is 3.01. The first-order valence-corrected chi connectivity index (χ1v) is 6.05. The number of hydrogen-bond acceptors (Lipinski definition) is 2. The summed E-state index contributed by atoms with van der Waals surface area (Å²) < 4.78 is 18.6. The van der Waals surface area contributed by atoms with Crippen LogP contribution in [0.4, 0.5) is 4.39 Å². The topological polar surface area (TPSA) is 26.3 Å². The van der Waals surface area contributed by atoms with E-state index in [4.69, 9.17) is 16.3 Å². The van der Waals surface area contributed by atoms with Crippen LogP contribution in [0.2, 0.25) is 5.02 Å². The fraction of sp³-hybridized carbons (Fsp3) is 0.357. The average molecular weight is 271 g/mol. The number of benzene rings is 1. The second kappa shape index (κ2) is 6.01. The van der Waals surface area contributed by atoms with Gasteiger partial charge in [0.1, 0.15) is 5.82 Å². The summed E-state index contributed by atoms with van der Waals surface area (Å²) in [5.41, 5.74) is -0.584. The summed E-state index contributed by atoms with van der Waals surface area (Å²) in [6.45, 7) is 7.29. The van der Waals surface area contributed by atoms with E-state index in [0.29, 0.717) is 10.6 Å². The number of ether oxygens (including phenoxy) is 1. The number of esters is 1. The first-order valence-electron chi connectivity index (χ1n) is 5.67. The smallest absolute Gasteiger partial charge is 0.315 e. The minimum Gasteiger partial charge on any atom is -0.465 e. The Kier molecular flexibility index (Phi) is 4.91. The zero-order valence-electron chi connectivity index (χ0n) is 10.5. The van der Waals surface area contributed by atoms with Gasteiger partial charge in [0.2, 0.25) is 0 Å². The van der Waals surface area contributed by atoms with Crippen LogP contribution in [-0.2, 0) is 16.0 Å². The fourth-order valence-electron chi connectivity index (χ4n) is 1.60. The van der Waals surface area contributed by atoms with Crippen molar-refractivity contribution in [1.82, 2.24) is 0 Å². The number of carbonyl (C=O) groups is 1. The fourth-order valence-corrected chi connectivity index (χ4v) is 1.79. The van der Waals surface area contributed by atoms with Crippen LogP contribution in [0.3, 0.4) is 0 Å². The van der Waals surface area contributed by atoms with Gasteiger partial charge in [-0.3, -0.25) is 4.79 Å². The molecule has 0 fully saturated rings. The molecule has 0 aliphatic rings. The lowest BCUT2D eigenvalue weighted by Crippen LogP contribution is -2.30. The molecule has 1 atom stereocenters. The molecule has 0 spiro atoms. The maximum Gasteiger partial charge on any atom is 0.315 e. The molecule has 0 N–H and O–H groups in total. The Morgan fingerprint density at radius 1 is 1.61 bits per heavy atom. The van der Waals surface area contributed by atoms with Gasteiger partial charge in [-0.25, -0.2) is 4.39 Å². The van der Waals surface area contributed by atoms with Gasteiger partial charge >= 0.3 is 5.97 Å². The number of carbonyl (C=O) groups excluding carboxylic acids is 1. The third kappa shape index (κ3) is 3.33. The molecule has 0 saturated carbocycles. The highest BCUT2D eigenvalue weighted by atomic mass is 35.5. The van der Waals surface area contributed by atoms with Crippen molar-refractivity contribution < 1.29 is 13.9 Å². The van der Waals surface area contributed by atoms with E-state index in [1.807, 2.05) is 0 Å². The first kappa shape index (κ1) is 14.7. The lowest BCUT2D eigenvalue weighted by Gasteiger charge is -2.23. The van der Waals surface area contributed by atoms with Crippen molar-refractivity contribution in [2.45, 2.75) is 20.3 Å². The highest BCUT2D eigenvalue weighted by Gasteiger charge is 2.32. The van der Waals surface area contributed by atoms with Crippen LogP contribution in [0.25, 0.3) is 0 Å². The molecule has 1 unspecified atom stereocenters. The number of hydrogen-bond donors (Lipinski definition) is 0. The third-order valence-corrected chi connectivity index (χ3v) is 2.99. The molecule has 0 saturated heterocycles. The molecular weight excluding hydrogens is 255 g/mol. The molecule has 0 radical (unpaired) electrons. The van der Waals surface area contributed by atoms with Crippen molar-refractivity contribution in [3.05, 3.63) is 47.3 Å². The van der Waals surface area contributed by atoms with Gasteiger partial charge in [-0.15, -0.1) is 6.58 Å². The van der Waals surface area contributed by atoms with Crippen molar-refractivity contribution >= 4 is 17.6 Å². The van der Waals surface area contributed by atoms with Crippen molar-refractivity contribution in [2.24, 2.45) is 5.41 Å². The Bertz CT molecular complexity index is 459. The van der Waals surface area contributed by atoms with Gasteiger partial charge in [0.25, 0.3) is 0 Å². The summed E-state index contributed by atoms with van der Waals surface area (Å²) in [4.78, 5) is 11.8. The summed E-state index contributed by atoms with van der Waals surface area (Å²) in [6, 6.07) is 4.26. The van der Waals surface area contributed by atoms with Crippen molar-refractivity contribution in [3.63, 3.8) is 0 Å². The Labute approximate surface area is 111 Å². The van der Waals surface area contributed by atoms with E-state index in [0.717, 1.165) is 0 Å². The Morgan fingerprint density at radius 3 is 2.83 bits per heavy atom. The summed E-state index contributed by atoms with van der Waals surface area (Å²) >= 11 is 5.82. The minimum absolute atomic E-state index is 0.168. The molecule has 18 heavy (non-hydrogen) atoms. The standard InChI is InChI=1S/C14H16ClFO2/c1-4-14(3,13(17)18-5-2)9-10-8-11(15)6-7-12(10)16/h4,6-8H,1,5,9H2,2-3H3. The van der Waals surface area contributed by atoms with E-state index >= 15 is 0 Å². The molecule has 0 aromatic heterocycles. The molecule has 1 aromatic carbocycles. The molecule has 0 aliphatic heterocycles. The van der Waals surface area contributed by atoms with Crippen LogP contribution < -0.4 is 0 Å². The van der Waals surface area contributed by atoms with Gasteiger partial charge in [-0.1, -0.05) is 17.7 Å². The summed E-state index contributed by atoms with van der Waals surface area (Å²) in [6.07, 6.45) is 1.65. The SMILES string of the molecule is C=CC(C)(Cc1cc(Cl)ccc1F)C(=O)OCC. The molecule has 1 aromatic rings. The van der Waals surface area contributed by atoms with Crippen LogP contribution in [0.5, 0.6) is 0 Å². The third-order valence-electron chi connectivity index (χ3n) is 2.76. The van der Waals surface area contributed by atoms with E-state index in [-0.39, 0.29) is 13.0 Å². The quantitative estimate of drug-likeness (QED) is 0.601. The van der Waals surface area contributed by atoms with Gasteiger partial charge in [-0.05, 0) is 44.0 Å². The van der Waals surface area contributed by atoms with Crippen LogP contribution in [0.15, 0.2) is 30.9 Å². The maximum absolute atomic E-state index is 13.6. The van der Waals surface area contributed by atoms with Gasteiger partial charge in [-0.2, -0.15) is 0 Å². The van der Waals surface area contributed by atoms with E-state index in [9.17, 15) is 9.18 Å². The predicted octanol–water partition coefficient (Wildman–Crippen LogP) is 3.78. The van der Waals surface area contributed by atoms with Crippen molar-refractivity contribution in [3.8, 4) is 0 Å². The van der Waals surface area contributed by atoms with Crippen LogP contribution in [-0.4, -0.2) is 12.6 Å². The molecule has 98 valence electrons. The van der Waals surface area contributed by atoms with Crippen LogP contribution in [0.1, 0.15) is 19.4 Å². The van der Waals surface area contributed by atoms with Gasteiger partial charge < -0.3 is 4.74 Å². The van der Waals surface area contributed by atoms with Gasteiger partial charge in [0.15, 0.2) is 0 Å². The molecular formula is C14H16ClFO2. The lowest BCUT2D eigenvalue weighted by molar-refractivity contribution is -0.151. The van der Waals surface area contributed by atoms with Crippen LogP contribution in [0, 0.1) is 11.2 Å². The van der Waals surface area contributed by atoms with Crippen molar-refractivity contribution in [2.75, 3.05) is 6.61 Å². The Morgan fingerprint density at radius 2 is 2.28 bits per heavy atom. The molecule has 0 amide bonds. The van der Waals surface area contributed by atoms with Gasteiger partial charge in [0.05, 0.1) is 12.0 Å². The zero-order chi connectivity index (χ0) is 13.8. The molecule has 2 nitrogen and oxygen atoms in total. The molecule has 4 heteroatoms. The summed E-state index contributed by atoms with van der Waals surface area (Å²) in [5.74, 6) is -0.809. The average Bonchev–Trinajstić information content (AvgIpc) is 2.34. The lowest BCUT2D eigenvalue weighted by atomic mass is 9.83. The second-order valence-electron chi connectivity index (χ2n) is 4.25. The van der Waals surface area contributed by atoms with Crippen molar-refractivity contribution in [1.29, 1.82) is 0 Å². The minimum atomic E-state index is -0.957. The Hall–Kier alpha value is -1.35. The predicted molar refractivity (Wildman–Crippen MR) is 70.1 cm³/mol.